The Kier molecular flexibility index (Phi) is 4.03. The summed E-state index contributed by atoms with van der Waals surface area (Å²) in [5.74, 6) is 1.38. The first-order chi connectivity index (χ1) is 11.8. The monoisotopic (exact) mass is 319 g/mol. The number of aryl methyl sites for hydroxylation is 1. The molecule has 2 heterocycles. The van der Waals surface area contributed by atoms with E-state index < -0.39 is 0 Å². The average Bonchev–Trinajstić information content (AvgIpc) is 3.27. The van der Waals surface area contributed by atoms with Crippen LogP contribution >= 0.6 is 0 Å². The van der Waals surface area contributed by atoms with E-state index in [2.05, 4.69) is 63.6 Å². The minimum Gasteiger partial charge on any atom is -0.371 e. The van der Waals surface area contributed by atoms with Gasteiger partial charge in [-0.15, -0.1) is 0 Å². The maximum atomic E-state index is 5.22. The normalized spacial score (nSPS) is 13.3. The number of benzene rings is 2. The average molecular weight is 319 g/mol. The second-order valence-electron chi connectivity index (χ2n) is 6.18. The van der Waals surface area contributed by atoms with Crippen LogP contribution in [0.3, 0.4) is 0 Å². The van der Waals surface area contributed by atoms with E-state index in [0.29, 0.717) is 11.7 Å². The Morgan fingerprint density at radius 2 is 2.00 bits per heavy atom. The van der Waals surface area contributed by atoms with Crippen molar-refractivity contribution in [3.8, 4) is 11.4 Å². The third kappa shape index (κ3) is 2.92. The second-order valence-corrected chi connectivity index (χ2v) is 6.18. The Hall–Kier alpha value is -2.62. The van der Waals surface area contributed by atoms with Crippen molar-refractivity contribution in [3.63, 3.8) is 0 Å². The Balaban J connectivity index is 1.50. The van der Waals surface area contributed by atoms with Crippen LogP contribution in [0.2, 0.25) is 0 Å². The molecule has 4 rings (SSSR count). The zero-order valence-corrected chi connectivity index (χ0v) is 13.9. The van der Waals surface area contributed by atoms with E-state index in [9.17, 15) is 0 Å². The molecular weight excluding hydrogens is 298 g/mol. The Bertz CT molecular complexity index is 826. The van der Waals surface area contributed by atoms with Gasteiger partial charge in [0.2, 0.25) is 11.7 Å². The van der Waals surface area contributed by atoms with Crippen LogP contribution in [0, 0.1) is 0 Å². The maximum absolute atomic E-state index is 5.22. The predicted molar refractivity (Wildman–Crippen MR) is 95.2 cm³/mol. The number of nitrogens with zero attached hydrogens (tertiary/aromatic N) is 3. The van der Waals surface area contributed by atoms with Crippen molar-refractivity contribution in [1.29, 1.82) is 0 Å². The molecule has 1 aromatic heterocycles. The van der Waals surface area contributed by atoms with E-state index in [4.69, 9.17) is 4.52 Å². The molecule has 4 heteroatoms. The minimum atomic E-state index is 0.690. The number of fused-ring (bicyclic) bond motifs is 1. The first kappa shape index (κ1) is 14.9. The van der Waals surface area contributed by atoms with Gasteiger partial charge in [0.15, 0.2) is 0 Å². The smallest absolute Gasteiger partial charge is 0.226 e. The number of aromatic nitrogens is 2. The molecule has 0 spiro atoms. The number of anilines is 1. The molecule has 0 saturated carbocycles. The SMILES string of the molecule is CCc1nc(-c2ccc3c(c2)CCN3CCc2ccccc2)no1. The van der Waals surface area contributed by atoms with Crippen LogP contribution in [0.4, 0.5) is 5.69 Å². The zero-order valence-electron chi connectivity index (χ0n) is 13.9. The van der Waals surface area contributed by atoms with Gasteiger partial charge in [-0.2, -0.15) is 4.98 Å². The van der Waals surface area contributed by atoms with E-state index >= 15 is 0 Å². The number of hydrogen-bond donors (Lipinski definition) is 0. The molecule has 0 aliphatic carbocycles. The van der Waals surface area contributed by atoms with Crippen molar-refractivity contribution in [1.82, 2.24) is 10.1 Å². The van der Waals surface area contributed by atoms with Crippen LogP contribution in [0.1, 0.15) is 23.9 Å². The van der Waals surface area contributed by atoms with E-state index in [-0.39, 0.29) is 0 Å². The topological polar surface area (TPSA) is 42.2 Å². The van der Waals surface area contributed by atoms with Gasteiger partial charge in [0, 0.05) is 30.8 Å². The highest BCUT2D eigenvalue weighted by molar-refractivity contribution is 5.66. The molecule has 0 amide bonds. The molecule has 0 fully saturated rings. The fraction of sp³-hybridized carbons (Fsp3) is 0.300. The summed E-state index contributed by atoms with van der Waals surface area (Å²) in [6.45, 7) is 4.15. The minimum absolute atomic E-state index is 0.690. The van der Waals surface area contributed by atoms with Crippen LogP contribution < -0.4 is 4.90 Å². The van der Waals surface area contributed by atoms with E-state index in [1.807, 2.05) is 6.92 Å². The molecule has 0 radical (unpaired) electrons. The van der Waals surface area contributed by atoms with E-state index in [0.717, 1.165) is 37.9 Å². The van der Waals surface area contributed by atoms with Gasteiger partial charge in [-0.25, -0.2) is 0 Å². The van der Waals surface area contributed by atoms with Crippen molar-refractivity contribution < 1.29 is 4.52 Å². The largest absolute Gasteiger partial charge is 0.371 e. The van der Waals surface area contributed by atoms with Gasteiger partial charge in [0.25, 0.3) is 0 Å². The molecule has 1 aliphatic rings. The third-order valence-electron chi connectivity index (χ3n) is 4.61. The fourth-order valence-corrected chi connectivity index (χ4v) is 3.27. The lowest BCUT2D eigenvalue weighted by Gasteiger charge is -2.19. The predicted octanol–water partition coefficient (Wildman–Crippen LogP) is 3.90. The first-order valence-corrected chi connectivity index (χ1v) is 8.58. The van der Waals surface area contributed by atoms with Crippen molar-refractivity contribution in [3.05, 3.63) is 65.5 Å². The summed E-state index contributed by atoms with van der Waals surface area (Å²) < 4.78 is 5.22. The molecule has 0 atom stereocenters. The first-order valence-electron chi connectivity index (χ1n) is 8.58. The standard InChI is InChI=1S/C20H21N3O/c1-2-19-21-20(22-24-19)17-8-9-18-16(14-17)11-13-23(18)12-10-15-6-4-3-5-7-15/h3-9,14H,2,10-13H2,1H3. The Morgan fingerprint density at radius 3 is 2.79 bits per heavy atom. The van der Waals surface area contributed by atoms with Crippen LogP contribution in [-0.2, 0) is 19.3 Å². The van der Waals surface area contributed by atoms with Gasteiger partial charge in [-0.05, 0) is 42.2 Å². The van der Waals surface area contributed by atoms with Gasteiger partial charge in [-0.1, -0.05) is 42.4 Å². The van der Waals surface area contributed by atoms with Crippen LogP contribution in [0.5, 0.6) is 0 Å². The second kappa shape index (κ2) is 6.48. The van der Waals surface area contributed by atoms with Gasteiger partial charge >= 0.3 is 0 Å². The Labute approximate surface area is 142 Å². The molecule has 3 aromatic rings. The molecule has 1 aliphatic heterocycles. The number of hydrogen-bond acceptors (Lipinski definition) is 4. The lowest BCUT2D eigenvalue weighted by atomic mass is 10.1. The summed E-state index contributed by atoms with van der Waals surface area (Å²) in [6, 6.07) is 17.2. The van der Waals surface area contributed by atoms with Crippen LogP contribution in [-0.4, -0.2) is 23.2 Å². The molecular formula is C20H21N3O. The van der Waals surface area contributed by atoms with Crippen molar-refractivity contribution in [2.75, 3.05) is 18.0 Å². The van der Waals surface area contributed by atoms with E-state index in [1.54, 1.807) is 0 Å². The zero-order chi connectivity index (χ0) is 16.4. The van der Waals surface area contributed by atoms with Gasteiger partial charge in [0.05, 0.1) is 0 Å². The maximum Gasteiger partial charge on any atom is 0.226 e. The summed E-state index contributed by atoms with van der Waals surface area (Å²) in [5, 5.41) is 4.08. The molecule has 0 bridgehead atoms. The summed E-state index contributed by atoms with van der Waals surface area (Å²) in [5.41, 5.74) is 5.15. The van der Waals surface area contributed by atoms with Crippen molar-refractivity contribution >= 4 is 5.69 Å². The van der Waals surface area contributed by atoms with E-state index in [1.165, 1.54) is 16.8 Å². The molecule has 4 nitrogen and oxygen atoms in total. The molecule has 2 aromatic carbocycles. The van der Waals surface area contributed by atoms with Crippen LogP contribution in [0.15, 0.2) is 53.1 Å². The highest BCUT2D eigenvalue weighted by Crippen LogP contribution is 2.31. The van der Waals surface area contributed by atoms with Crippen molar-refractivity contribution in [2.24, 2.45) is 0 Å². The Morgan fingerprint density at radius 1 is 1.12 bits per heavy atom. The quantitative estimate of drug-likeness (QED) is 0.715. The van der Waals surface area contributed by atoms with Gasteiger partial charge < -0.3 is 9.42 Å². The molecule has 122 valence electrons. The summed E-state index contributed by atoms with van der Waals surface area (Å²) in [4.78, 5) is 6.90. The summed E-state index contributed by atoms with van der Waals surface area (Å²) in [7, 11) is 0. The molecule has 24 heavy (non-hydrogen) atoms. The highest BCUT2D eigenvalue weighted by Gasteiger charge is 2.20. The lowest BCUT2D eigenvalue weighted by molar-refractivity contribution is 0.383. The molecule has 0 saturated heterocycles. The van der Waals surface area contributed by atoms with Gasteiger partial charge in [0.1, 0.15) is 0 Å². The number of rotatable bonds is 5. The molecule has 0 unspecified atom stereocenters. The lowest BCUT2D eigenvalue weighted by Crippen LogP contribution is -2.23. The summed E-state index contributed by atoms with van der Waals surface area (Å²) in [6.07, 6.45) is 2.92. The third-order valence-corrected chi connectivity index (χ3v) is 4.61. The molecule has 0 N–H and O–H groups in total. The fourth-order valence-electron chi connectivity index (χ4n) is 3.27. The van der Waals surface area contributed by atoms with Crippen LogP contribution in [0.25, 0.3) is 11.4 Å². The summed E-state index contributed by atoms with van der Waals surface area (Å²) >= 11 is 0. The van der Waals surface area contributed by atoms with Gasteiger partial charge in [-0.3, -0.25) is 0 Å². The van der Waals surface area contributed by atoms with Crippen molar-refractivity contribution in [2.45, 2.75) is 26.2 Å². The highest BCUT2D eigenvalue weighted by atomic mass is 16.5.